The first-order valence-corrected chi connectivity index (χ1v) is 13.3. The summed E-state index contributed by atoms with van der Waals surface area (Å²) in [7, 11) is 2.46. The van der Waals surface area contributed by atoms with Gasteiger partial charge in [0.15, 0.2) is 0 Å². The molecule has 2 aliphatic carbocycles. The molecule has 1 unspecified atom stereocenters. The highest BCUT2D eigenvalue weighted by atomic mass is 16.3. The molecule has 5 heteroatoms. The number of quaternary nitrogens is 1. The molecule has 1 amide bonds. The average molecular weight is 473 g/mol. The van der Waals surface area contributed by atoms with Crippen LogP contribution in [0.4, 0.5) is 0 Å². The molecule has 2 heterocycles. The highest BCUT2D eigenvalue weighted by molar-refractivity contribution is 5.97. The van der Waals surface area contributed by atoms with Crippen LogP contribution in [-0.2, 0) is 18.3 Å². The predicted octanol–water partition coefficient (Wildman–Crippen LogP) is 4.92. The molecule has 2 bridgehead atoms. The minimum absolute atomic E-state index is 0.0914. The molecule has 6 rings (SSSR count). The number of likely N-dealkylation sites (tertiary alicyclic amines) is 1. The van der Waals surface area contributed by atoms with Crippen molar-refractivity contribution in [2.24, 2.45) is 11.8 Å². The second-order valence-electron chi connectivity index (χ2n) is 12.0. The van der Waals surface area contributed by atoms with Gasteiger partial charge in [-0.3, -0.25) is 4.79 Å². The van der Waals surface area contributed by atoms with E-state index in [0.29, 0.717) is 24.1 Å². The predicted molar refractivity (Wildman–Crippen MR) is 140 cm³/mol. The fourth-order valence-electron chi connectivity index (χ4n) is 7.24. The number of benzene rings is 2. The standard InChI is InChI=1S/C30H37N3O2/c1-19-26-17-23-7-8-24(29(35)32-13-10-20-6-9-25-22(16-20)11-14-31-25)28(34)27(23)30(19,2)12-15-33(26,3)18-21-4-5-21/h6-9,11,14,16,19,21,26,31H,4-5,10,12-13,15,17-18H2,1-3H3,(H-,32,34,35)/p+1/t19-,26+,30+,33?/m0/s1. The Morgan fingerprint density at radius 2 is 2.06 bits per heavy atom. The van der Waals surface area contributed by atoms with E-state index in [2.05, 4.69) is 61.5 Å². The van der Waals surface area contributed by atoms with Crippen LogP contribution in [0.5, 0.6) is 5.75 Å². The summed E-state index contributed by atoms with van der Waals surface area (Å²) in [5.74, 6) is 1.40. The van der Waals surface area contributed by atoms with Crippen molar-refractivity contribution in [3.63, 3.8) is 0 Å². The zero-order valence-corrected chi connectivity index (χ0v) is 21.2. The molecule has 4 atom stereocenters. The Morgan fingerprint density at radius 1 is 1.23 bits per heavy atom. The zero-order valence-electron chi connectivity index (χ0n) is 21.2. The van der Waals surface area contributed by atoms with Crippen LogP contribution in [0.3, 0.4) is 0 Å². The second kappa shape index (κ2) is 8.12. The quantitative estimate of drug-likeness (QED) is 0.446. The normalized spacial score (nSPS) is 29.7. The summed E-state index contributed by atoms with van der Waals surface area (Å²) in [6.07, 6.45) is 7.53. The Bertz CT molecular complexity index is 1290. The lowest BCUT2D eigenvalue weighted by Crippen LogP contribution is -2.67. The van der Waals surface area contributed by atoms with Crippen molar-refractivity contribution >= 4 is 16.8 Å². The number of carbonyl (C=O) groups excluding carboxylic acids is 1. The first-order valence-electron chi connectivity index (χ1n) is 13.3. The summed E-state index contributed by atoms with van der Waals surface area (Å²) < 4.78 is 1.17. The molecule has 1 aromatic heterocycles. The first-order chi connectivity index (χ1) is 16.8. The first kappa shape index (κ1) is 22.7. The van der Waals surface area contributed by atoms with Gasteiger partial charge in [-0.25, -0.2) is 0 Å². The summed E-state index contributed by atoms with van der Waals surface area (Å²) in [6.45, 7) is 7.69. The molecule has 2 aromatic carbocycles. The number of hydrogen-bond acceptors (Lipinski definition) is 2. The Labute approximate surface area is 208 Å². The number of aromatic nitrogens is 1. The van der Waals surface area contributed by atoms with Gasteiger partial charge in [-0.15, -0.1) is 0 Å². The van der Waals surface area contributed by atoms with E-state index in [-0.39, 0.29) is 17.1 Å². The van der Waals surface area contributed by atoms with Crippen molar-refractivity contribution in [1.29, 1.82) is 0 Å². The fourth-order valence-corrected chi connectivity index (χ4v) is 7.24. The molecular weight excluding hydrogens is 434 g/mol. The fraction of sp³-hybridized carbons (Fsp3) is 0.500. The largest absolute Gasteiger partial charge is 0.507 e. The maximum absolute atomic E-state index is 13.1. The second-order valence-corrected chi connectivity index (χ2v) is 12.0. The van der Waals surface area contributed by atoms with Crippen LogP contribution in [0.1, 0.15) is 60.2 Å². The Balaban J connectivity index is 1.21. The highest BCUT2D eigenvalue weighted by Crippen LogP contribution is 2.54. The number of H-pyrrole nitrogens is 1. The number of nitrogens with zero attached hydrogens (tertiary/aromatic N) is 1. The van der Waals surface area contributed by atoms with E-state index >= 15 is 0 Å². The molecule has 3 N–H and O–H groups in total. The monoisotopic (exact) mass is 472 g/mol. The van der Waals surface area contributed by atoms with E-state index < -0.39 is 0 Å². The third-order valence-corrected chi connectivity index (χ3v) is 9.72. The number of amides is 1. The maximum Gasteiger partial charge on any atom is 0.255 e. The van der Waals surface area contributed by atoms with Gasteiger partial charge >= 0.3 is 0 Å². The lowest BCUT2D eigenvalue weighted by Gasteiger charge is -2.58. The van der Waals surface area contributed by atoms with Gasteiger partial charge in [0.2, 0.25) is 0 Å². The zero-order chi connectivity index (χ0) is 24.4. The average Bonchev–Trinajstić information content (AvgIpc) is 3.51. The van der Waals surface area contributed by atoms with Crippen LogP contribution in [0.25, 0.3) is 10.9 Å². The van der Waals surface area contributed by atoms with E-state index in [0.717, 1.165) is 42.8 Å². The van der Waals surface area contributed by atoms with Gasteiger partial charge in [0.25, 0.3) is 5.91 Å². The van der Waals surface area contributed by atoms with Gasteiger partial charge in [0, 0.05) is 53.9 Å². The van der Waals surface area contributed by atoms with Gasteiger partial charge in [-0.2, -0.15) is 0 Å². The number of hydrogen-bond donors (Lipinski definition) is 3. The Hall–Kier alpha value is -2.79. The number of likely N-dealkylation sites (N-methyl/N-ethyl adjacent to an activating group) is 1. The number of fused-ring (bicyclic) bond motifs is 5. The molecule has 1 saturated heterocycles. The number of nitrogens with one attached hydrogen (secondary N) is 2. The highest BCUT2D eigenvalue weighted by Gasteiger charge is 2.56. The molecular formula is C30H38N3O2+. The third kappa shape index (κ3) is 3.76. The number of piperidine rings is 1. The van der Waals surface area contributed by atoms with Crippen molar-refractivity contribution in [3.05, 3.63) is 64.8 Å². The summed E-state index contributed by atoms with van der Waals surface area (Å²) in [4.78, 5) is 16.3. The molecule has 3 aromatic rings. The minimum atomic E-state index is -0.184. The van der Waals surface area contributed by atoms with E-state index in [4.69, 9.17) is 0 Å². The van der Waals surface area contributed by atoms with E-state index in [1.54, 1.807) is 0 Å². The molecule has 184 valence electrons. The van der Waals surface area contributed by atoms with E-state index in [1.165, 1.54) is 40.4 Å². The van der Waals surface area contributed by atoms with Crippen LogP contribution in [0.15, 0.2) is 42.6 Å². The van der Waals surface area contributed by atoms with Crippen molar-refractivity contribution in [2.75, 3.05) is 26.7 Å². The molecule has 1 saturated carbocycles. The van der Waals surface area contributed by atoms with Crippen molar-refractivity contribution in [2.45, 2.75) is 57.4 Å². The summed E-state index contributed by atoms with van der Waals surface area (Å²) in [6, 6.07) is 12.9. The van der Waals surface area contributed by atoms with Gasteiger partial charge < -0.3 is 19.9 Å². The van der Waals surface area contributed by atoms with Gasteiger partial charge in [-0.05, 0) is 60.0 Å². The van der Waals surface area contributed by atoms with Crippen LogP contribution >= 0.6 is 0 Å². The molecule has 0 spiro atoms. The lowest BCUT2D eigenvalue weighted by atomic mass is 9.57. The SMILES string of the molecule is C[C@H]1[C@H]2Cc3ccc(C(=O)NCCc4ccc5[nH]ccc5c4)c(O)c3[C@]1(C)CC[N+]2(C)CC1CC1. The van der Waals surface area contributed by atoms with Gasteiger partial charge in [0.1, 0.15) is 5.75 Å². The molecule has 5 nitrogen and oxygen atoms in total. The number of phenolic OH excluding ortho intramolecular Hbond substituents is 1. The van der Waals surface area contributed by atoms with Crippen LogP contribution in [0, 0.1) is 11.8 Å². The smallest absolute Gasteiger partial charge is 0.255 e. The number of aromatic hydroxyl groups is 1. The minimum Gasteiger partial charge on any atom is -0.507 e. The number of carbonyl (C=O) groups is 1. The van der Waals surface area contributed by atoms with Crippen LogP contribution in [-0.4, -0.2) is 53.2 Å². The van der Waals surface area contributed by atoms with Crippen LogP contribution in [0.2, 0.25) is 0 Å². The number of aromatic amines is 1. The van der Waals surface area contributed by atoms with Gasteiger partial charge in [0.05, 0.1) is 31.7 Å². The van der Waals surface area contributed by atoms with Crippen molar-refractivity contribution < 1.29 is 14.4 Å². The number of rotatable bonds is 6. The number of phenols is 1. The van der Waals surface area contributed by atoms with Gasteiger partial charge in [-0.1, -0.05) is 26.0 Å². The maximum atomic E-state index is 13.1. The molecule has 35 heavy (non-hydrogen) atoms. The summed E-state index contributed by atoms with van der Waals surface area (Å²) >= 11 is 0. The lowest BCUT2D eigenvalue weighted by molar-refractivity contribution is -0.946. The topological polar surface area (TPSA) is 65.1 Å². The molecule has 3 aliphatic rings. The molecule has 2 fully saturated rings. The van der Waals surface area contributed by atoms with E-state index in [1.807, 2.05) is 12.3 Å². The Kier molecular flexibility index (Phi) is 5.26. The van der Waals surface area contributed by atoms with Crippen molar-refractivity contribution in [3.8, 4) is 5.75 Å². The molecule has 0 radical (unpaired) electrons. The van der Waals surface area contributed by atoms with Crippen molar-refractivity contribution in [1.82, 2.24) is 10.3 Å². The summed E-state index contributed by atoms with van der Waals surface area (Å²) in [5.41, 5.74) is 4.91. The third-order valence-electron chi connectivity index (χ3n) is 9.72. The summed E-state index contributed by atoms with van der Waals surface area (Å²) in [5, 5.41) is 15.7. The van der Waals surface area contributed by atoms with Crippen LogP contribution < -0.4 is 5.32 Å². The van der Waals surface area contributed by atoms with E-state index in [9.17, 15) is 9.90 Å². The molecule has 1 aliphatic heterocycles. The Morgan fingerprint density at radius 3 is 2.86 bits per heavy atom.